The topological polar surface area (TPSA) is 49.3 Å². The van der Waals surface area contributed by atoms with E-state index >= 15 is 0 Å². The average molecular weight is 303 g/mol. The van der Waals surface area contributed by atoms with Gasteiger partial charge in [-0.1, -0.05) is 39.0 Å². The molecule has 0 saturated carbocycles. The fourth-order valence-corrected chi connectivity index (χ4v) is 3.15. The highest BCUT2D eigenvalue weighted by atomic mass is 16.4. The van der Waals surface area contributed by atoms with Crippen LogP contribution in [-0.4, -0.2) is 17.1 Å². The van der Waals surface area contributed by atoms with Crippen molar-refractivity contribution in [1.82, 2.24) is 5.32 Å². The molecule has 0 aliphatic heterocycles. The molecule has 1 aliphatic carbocycles. The van der Waals surface area contributed by atoms with Crippen molar-refractivity contribution in [1.29, 1.82) is 0 Å². The summed E-state index contributed by atoms with van der Waals surface area (Å²) in [4.78, 5) is 11.5. The number of aryl methyl sites for hydroxylation is 1. The summed E-state index contributed by atoms with van der Waals surface area (Å²) in [6.45, 7) is 7.11. The highest BCUT2D eigenvalue weighted by molar-refractivity contribution is 5.73. The van der Waals surface area contributed by atoms with Crippen LogP contribution in [0, 0.1) is 5.41 Å². The highest BCUT2D eigenvalue weighted by Gasteiger charge is 2.21. The predicted octanol–water partition coefficient (Wildman–Crippen LogP) is 3.93. The third-order valence-corrected chi connectivity index (χ3v) is 4.51. The molecule has 3 nitrogen and oxygen atoms in total. The molecule has 3 heteroatoms. The number of carbonyl (C=O) groups is 1. The van der Waals surface area contributed by atoms with Gasteiger partial charge in [-0.3, -0.25) is 4.79 Å². The van der Waals surface area contributed by atoms with Gasteiger partial charge in [0, 0.05) is 6.54 Å². The molecule has 22 heavy (non-hydrogen) atoms. The summed E-state index contributed by atoms with van der Waals surface area (Å²) < 4.78 is 0. The second-order valence-corrected chi connectivity index (χ2v) is 7.63. The Balaban J connectivity index is 1.99. The van der Waals surface area contributed by atoms with Crippen LogP contribution in [0.2, 0.25) is 0 Å². The number of hydrogen-bond donors (Lipinski definition) is 2. The van der Waals surface area contributed by atoms with Gasteiger partial charge in [0.1, 0.15) is 6.04 Å². The van der Waals surface area contributed by atoms with Crippen LogP contribution >= 0.6 is 0 Å². The Hall–Kier alpha value is -1.35. The van der Waals surface area contributed by atoms with E-state index in [1.165, 1.54) is 29.5 Å². The van der Waals surface area contributed by atoms with Crippen LogP contribution < -0.4 is 5.32 Å². The van der Waals surface area contributed by atoms with Crippen LogP contribution in [0.1, 0.15) is 63.1 Å². The van der Waals surface area contributed by atoms with Crippen LogP contribution in [0.15, 0.2) is 18.2 Å². The van der Waals surface area contributed by atoms with Gasteiger partial charge < -0.3 is 10.4 Å². The van der Waals surface area contributed by atoms with Crippen molar-refractivity contribution in [2.75, 3.05) is 0 Å². The van der Waals surface area contributed by atoms with Crippen LogP contribution in [0.5, 0.6) is 0 Å². The number of carboxylic acids is 1. The normalized spacial score (nSPS) is 16.1. The van der Waals surface area contributed by atoms with Gasteiger partial charge in [-0.15, -0.1) is 0 Å². The first-order valence-electron chi connectivity index (χ1n) is 8.43. The van der Waals surface area contributed by atoms with Gasteiger partial charge in [0.2, 0.25) is 0 Å². The summed E-state index contributed by atoms with van der Waals surface area (Å²) in [5.74, 6) is -0.742. The van der Waals surface area contributed by atoms with E-state index in [-0.39, 0.29) is 5.41 Å². The number of fused-ring (bicyclic) bond motifs is 1. The quantitative estimate of drug-likeness (QED) is 0.837. The van der Waals surface area contributed by atoms with Gasteiger partial charge in [0.15, 0.2) is 0 Å². The maximum absolute atomic E-state index is 11.5. The molecule has 0 spiro atoms. The summed E-state index contributed by atoms with van der Waals surface area (Å²) in [7, 11) is 0. The number of nitrogens with one attached hydrogen (secondary N) is 1. The SMILES string of the molecule is CC(C)(C)CC[C@H](NCc1cccc2c1CCCC2)C(=O)O. The predicted molar refractivity (Wildman–Crippen MR) is 90.0 cm³/mol. The number of carboxylic acid groups (broad SMARTS) is 1. The monoisotopic (exact) mass is 303 g/mol. The zero-order valence-corrected chi connectivity index (χ0v) is 14.1. The lowest BCUT2D eigenvalue weighted by atomic mass is 9.87. The van der Waals surface area contributed by atoms with Crippen LogP contribution in [0.25, 0.3) is 0 Å². The fraction of sp³-hybridized carbons (Fsp3) is 0.632. The molecule has 0 fully saturated rings. The Morgan fingerprint density at radius 3 is 2.68 bits per heavy atom. The average Bonchev–Trinajstić information content (AvgIpc) is 2.45. The smallest absolute Gasteiger partial charge is 0.320 e. The van der Waals surface area contributed by atoms with Gasteiger partial charge in [-0.2, -0.15) is 0 Å². The van der Waals surface area contributed by atoms with Gasteiger partial charge >= 0.3 is 5.97 Å². The molecule has 1 aliphatic rings. The van der Waals surface area contributed by atoms with Crippen molar-refractivity contribution < 1.29 is 9.90 Å². The van der Waals surface area contributed by atoms with Crippen molar-refractivity contribution in [3.05, 3.63) is 34.9 Å². The van der Waals surface area contributed by atoms with Crippen molar-refractivity contribution in [2.45, 2.75) is 71.9 Å². The van der Waals surface area contributed by atoms with Crippen molar-refractivity contribution in [3.8, 4) is 0 Å². The lowest BCUT2D eigenvalue weighted by molar-refractivity contribution is -0.139. The van der Waals surface area contributed by atoms with E-state index in [4.69, 9.17) is 0 Å². The molecule has 0 bridgehead atoms. The van der Waals surface area contributed by atoms with E-state index in [0.717, 1.165) is 19.3 Å². The second-order valence-electron chi connectivity index (χ2n) is 7.63. The molecule has 1 aromatic carbocycles. The minimum Gasteiger partial charge on any atom is -0.480 e. The van der Waals surface area contributed by atoms with E-state index in [1.807, 2.05) is 0 Å². The molecule has 2 rings (SSSR count). The van der Waals surface area contributed by atoms with E-state index in [0.29, 0.717) is 13.0 Å². The van der Waals surface area contributed by atoms with Crippen LogP contribution in [0.3, 0.4) is 0 Å². The Kier molecular flexibility index (Phi) is 5.63. The highest BCUT2D eigenvalue weighted by Crippen LogP contribution is 2.25. The summed E-state index contributed by atoms with van der Waals surface area (Å²) >= 11 is 0. The molecule has 122 valence electrons. The second kappa shape index (κ2) is 7.28. The van der Waals surface area contributed by atoms with Crippen molar-refractivity contribution >= 4 is 5.97 Å². The van der Waals surface area contributed by atoms with E-state index < -0.39 is 12.0 Å². The van der Waals surface area contributed by atoms with Gasteiger partial charge in [0.05, 0.1) is 0 Å². The molecule has 1 aromatic rings. The Labute approximate surface area is 134 Å². The third kappa shape index (κ3) is 4.84. The largest absolute Gasteiger partial charge is 0.480 e. The number of hydrogen-bond acceptors (Lipinski definition) is 2. The Morgan fingerprint density at radius 2 is 2.00 bits per heavy atom. The Morgan fingerprint density at radius 1 is 1.27 bits per heavy atom. The zero-order valence-electron chi connectivity index (χ0n) is 14.1. The van der Waals surface area contributed by atoms with Crippen LogP contribution in [-0.2, 0) is 24.2 Å². The third-order valence-electron chi connectivity index (χ3n) is 4.51. The fourth-order valence-electron chi connectivity index (χ4n) is 3.15. The minimum absolute atomic E-state index is 0.168. The molecule has 0 radical (unpaired) electrons. The summed E-state index contributed by atoms with van der Waals surface area (Å²) in [6, 6.07) is 6.00. The summed E-state index contributed by atoms with van der Waals surface area (Å²) in [5.41, 5.74) is 4.34. The number of rotatable bonds is 6. The molecule has 0 unspecified atom stereocenters. The molecule has 0 amide bonds. The number of benzene rings is 1. The first-order valence-corrected chi connectivity index (χ1v) is 8.43. The van der Waals surface area contributed by atoms with Crippen molar-refractivity contribution in [2.24, 2.45) is 5.41 Å². The lowest BCUT2D eigenvalue weighted by Crippen LogP contribution is -2.37. The molecule has 2 N–H and O–H groups in total. The number of aliphatic carboxylic acids is 1. The first-order chi connectivity index (χ1) is 10.4. The van der Waals surface area contributed by atoms with E-state index in [2.05, 4.69) is 44.3 Å². The van der Waals surface area contributed by atoms with Gasteiger partial charge in [0.25, 0.3) is 0 Å². The Bertz CT molecular complexity index is 517. The molecule has 0 aromatic heterocycles. The standard InChI is InChI=1S/C19H29NO2/c1-19(2,3)12-11-17(18(21)22)20-13-15-9-6-8-14-7-4-5-10-16(14)15/h6,8-9,17,20H,4-5,7,10-13H2,1-3H3,(H,21,22)/t17-/m0/s1. The van der Waals surface area contributed by atoms with Crippen LogP contribution in [0.4, 0.5) is 0 Å². The molecule has 1 atom stereocenters. The lowest BCUT2D eigenvalue weighted by Gasteiger charge is -2.23. The van der Waals surface area contributed by atoms with E-state index in [1.54, 1.807) is 0 Å². The maximum Gasteiger partial charge on any atom is 0.320 e. The molecule has 0 heterocycles. The molecular weight excluding hydrogens is 274 g/mol. The summed E-state index contributed by atoms with van der Waals surface area (Å²) in [6.07, 6.45) is 6.39. The molecule has 0 saturated heterocycles. The van der Waals surface area contributed by atoms with Gasteiger partial charge in [-0.05, 0) is 60.6 Å². The zero-order chi connectivity index (χ0) is 16.2. The maximum atomic E-state index is 11.5. The summed E-state index contributed by atoms with van der Waals surface area (Å²) in [5, 5.41) is 12.7. The van der Waals surface area contributed by atoms with Crippen molar-refractivity contribution in [3.63, 3.8) is 0 Å². The van der Waals surface area contributed by atoms with Gasteiger partial charge in [-0.25, -0.2) is 0 Å². The minimum atomic E-state index is -0.742. The first kappa shape index (κ1) is 17.0. The molecular formula is C19H29NO2. The van der Waals surface area contributed by atoms with E-state index in [9.17, 15) is 9.90 Å².